The van der Waals surface area contributed by atoms with Crippen LogP contribution in [0.4, 0.5) is 0 Å². The third kappa shape index (κ3) is 3.28. The fraction of sp³-hybridized carbons (Fsp3) is 0.556. The number of hydrogen-bond donors (Lipinski definition) is 1. The molecule has 1 aliphatic heterocycles. The zero-order valence-electron chi connectivity index (χ0n) is 14.4. The largest absolute Gasteiger partial charge is 0.338 e. The number of carbonyl (C=O) groups excluding carboxylic acids is 1. The minimum atomic E-state index is -0.0292. The molecule has 25 heavy (non-hydrogen) atoms. The molecule has 1 saturated carbocycles. The fourth-order valence-corrected chi connectivity index (χ4v) is 3.97. The van der Waals surface area contributed by atoms with E-state index in [9.17, 15) is 4.79 Å². The van der Waals surface area contributed by atoms with Crippen LogP contribution in [0.2, 0.25) is 0 Å². The van der Waals surface area contributed by atoms with E-state index in [1.165, 1.54) is 12.8 Å². The van der Waals surface area contributed by atoms with Gasteiger partial charge in [-0.25, -0.2) is 0 Å². The Morgan fingerprint density at radius 2 is 2.20 bits per heavy atom. The number of pyridine rings is 1. The summed E-state index contributed by atoms with van der Waals surface area (Å²) in [6, 6.07) is 3.88. The molecule has 132 valence electrons. The topological polar surface area (TPSA) is 84.2 Å². The van der Waals surface area contributed by atoms with Crippen molar-refractivity contribution < 1.29 is 9.32 Å². The second-order valence-corrected chi connectivity index (χ2v) is 6.96. The maximum Gasteiger partial charge on any atom is 0.240 e. The lowest BCUT2D eigenvalue weighted by atomic mass is 10.0. The average molecular weight is 341 g/mol. The molecule has 1 saturated heterocycles. The van der Waals surface area contributed by atoms with Crippen molar-refractivity contribution in [3.63, 3.8) is 0 Å². The molecule has 4 rings (SSSR count). The van der Waals surface area contributed by atoms with Crippen LogP contribution >= 0.6 is 0 Å². The quantitative estimate of drug-likeness (QED) is 0.897. The molecule has 7 nitrogen and oxygen atoms in total. The van der Waals surface area contributed by atoms with Gasteiger partial charge in [-0.3, -0.25) is 9.78 Å². The van der Waals surface area contributed by atoms with Gasteiger partial charge in [-0.05, 0) is 24.5 Å². The van der Waals surface area contributed by atoms with Gasteiger partial charge in [0, 0.05) is 37.8 Å². The summed E-state index contributed by atoms with van der Waals surface area (Å²) in [5.41, 5.74) is 1.03. The maximum atomic E-state index is 12.2. The van der Waals surface area contributed by atoms with Crippen LogP contribution in [0.15, 0.2) is 29.0 Å². The number of nitrogens with zero attached hydrogens (tertiary/aromatic N) is 4. The number of carbonyl (C=O) groups is 1. The molecule has 2 aromatic heterocycles. The third-order valence-corrected chi connectivity index (χ3v) is 5.33. The Morgan fingerprint density at radius 3 is 2.96 bits per heavy atom. The van der Waals surface area contributed by atoms with E-state index in [-0.39, 0.29) is 18.0 Å². The molecule has 0 unspecified atom stereocenters. The summed E-state index contributed by atoms with van der Waals surface area (Å²) in [5, 5.41) is 7.56. The van der Waals surface area contributed by atoms with Gasteiger partial charge in [0.1, 0.15) is 0 Å². The highest BCUT2D eigenvalue weighted by atomic mass is 16.5. The Balaban J connectivity index is 1.43. The standard InChI is InChI=1S/C18H23N5O2/c1-23-16(24)9-14(17(23)13-7-4-8-19-10-13)20-11-15-21-18(22-25-15)12-5-2-3-6-12/h4,7-8,10,12,14,17,20H,2-3,5-6,9,11H2,1H3/t14-,17+/m1/s1. The molecule has 2 aromatic rings. The Morgan fingerprint density at radius 1 is 1.36 bits per heavy atom. The van der Waals surface area contributed by atoms with Gasteiger partial charge in [0.2, 0.25) is 11.8 Å². The first-order valence-corrected chi connectivity index (χ1v) is 8.94. The molecule has 3 heterocycles. The number of hydrogen-bond acceptors (Lipinski definition) is 6. The molecule has 2 atom stereocenters. The molecule has 7 heteroatoms. The summed E-state index contributed by atoms with van der Waals surface area (Å²) < 4.78 is 5.40. The molecule has 0 aromatic carbocycles. The Kier molecular flexibility index (Phi) is 4.48. The van der Waals surface area contributed by atoms with Gasteiger partial charge in [-0.1, -0.05) is 24.1 Å². The van der Waals surface area contributed by atoms with Crippen molar-refractivity contribution in [3.8, 4) is 0 Å². The average Bonchev–Trinajstić information content (AvgIpc) is 3.35. The highest BCUT2D eigenvalue weighted by Crippen LogP contribution is 2.33. The highest BCUT2D eigenvalue weighted by Gasteiger charge is 2.38. The number of likely N-dealkylation sites (N-methyl/N-ethyl adjacent to an activating group) is 1. The molecular formula is C18H23N5O2. The lowest BCUT2D eigenvalue weighted by molar-refractivity contribution is -0.127. The zero-order chi connectivity index (χ0) is 17.2. The summed E-state index contributed by atoms with van der Waals surface area (Å²) in [6.07, 6.45) is 8.81. The van der Waals surface area contributed by atoms with Crippen LogP contribution in [0, 0.1) is 0 Å². The van der Waals surface area contributed by atoms with Crippen molar-refractivity contribution in [1.82, 2.24) is 25.3 Å². The smallest absolute Gasteiger partial charge is 0.240 e. The third-order valence-electron chi connectivity index (χ3n) is 5.33. The molecule has 2 fully saturated rings. The maximum absolute atomic E-state index is 12.2. The number of amides is 1. The second kappa shape index (κ2) is 6.92. The minimum absolute atomic E-state index is 0.00327. The molecular weight excluding hydrogens is 318 g/mol. The Labute approximate surface area is 146 Å². The van der Waals surface area contributed by atoms with Gasteiger partial charge >= 0.3 is 0 Å². The highest BCUT2D eigenvalue weighted by molar-refractivity contribution is 5.80. The fourth-order valence-electron chi connectivity index (χ4n) is 3.97. The summed E-state index contributed by atoms with van der Waals surface area (Å²) in [5.74, 6) is 2.00. The first kappa shape index (κ1) is 16.2. The van der Waals surface area contributed by atoms with Gasteiger partial charge in [0.25, 0.3) is 0 Å². The molecule has 1 N–H and O–H groups in total. The van der Waals surface area contributed by atoms with E-state index in [1.807, 2.05) is 25.4 Å². The number of nitrogens with one attached hydrogen (secondary N) is 1. The van der Waals surface area contributed by atoms with Crippen LogP contribution in [0.25, 0.3) is 0 Å². The molecule has 1 aliphatic carbocycles. The van der Waals surface area contributed by atoms with Crippen LogP contribution in [-0.4, -0.2) is 39.0 Å². The minimum Gasteiger partial charge on any atom is -0.338 e. The van der Waals surface area contributed by atoms with E-state index >= 15 is 0 Å². The molecule has 0 radical (unpaired) electrons. The van der Waals surface area contributed by atoms with Gasteiger partial charge in [0.05, 0.1) is 12.6 Å². The summed E-state index contributed by atoms with van der Waals surface area (Å²) in [7, 11) is 1.84. The van der Waals surface area contributed by atoms with Crippen LogP contribution in [0.5, 0.6) is 0 Å². The van der Waals surface area contributed by atoms with E-state index in [0.29, 0.717) is 24.8 Å². The van der Waals surface area contributed by atoms with E-state index < -0.39 is 0 Å². The van der Waals surface area contributed by atoms with Crippen LogP contribution in [0.1, 0.15) is 61.3 Å². The zero-order valence-corrected chi connectivity index (χ0v) is 14.4. The predicted octanol–water partition coefficient (Wildman–Crippen LogP) is 2.18. The summed E-state index contributed by atoms with van der Waals surface area (Å²) in [6.45, 7) is 0.474. The van der Waals surface area contributed by atoms with Crippen molar-refractivity contribution in [2.45, 2.75) is 56.7 Å². The van der Waals surface area contributed by atoms with Crippen LogP contribution in [-0.2, 0) is 11.3 Å². The lowest BCUT2D eigenvalue weighted by Crippen LogP contribution is -2.35. The first-order chi connectivity index (χ1) is 12.2. The van der Waals surface area contributed by atoms with E-state index in [2.05, 4.69) is 20.4 Å². The van der Waals surface area contributed by atoms with Crippen LogP contribution < -0.4 is 5.32 Å². The van der Waals surface area contributed by atoms with Crippen molar-refractivity contribution in [3.05, 3.63) is 41.8 Å². The van der Waals surface area contributed by atoms with Crippen molar-refractivity contribution in [2.75, 3.05) is 7.05 Å². The van der Waals surface area contributed by atoms with Crippen molar-refractivity contribution in [2.24, 2.45) is 0 Å². The Hall–Kier alpha value is -2.28. The molecule has 0 spiro atoms. The predicted molar refractivity (Wildman–Crippen MR) is 90.5 cm³/mol. The lowest BCUT2D eigenvalue weighted by Gasteiger charge is -2.25. The normalized spacial score (nSPS) is 24.4. The molecule has 0 bridgehead atoms. The first-order valence-electron chi connectivity index (χ1n) is 8.94. The van der Waals surface area contributed by atoms with Gasteiger partial charge in [0.15, 0.2) is 5.82 Å². The second-order valence-electron chi connectivity index (χ2n) is 6.96. The number of aromatic nitrogens is 3. The van der Waals surface area contributed by atoms with Crippen LogP contribution in [0.3, 0.4) is 0 Å². The number of rotatable bonds is 5. The van der Waals surface area contributed by atoms with Gasteiger partial charge in [-0.15, -0.1) is 0 Å². The molecule has 2 aliphatic rings. The monoisotopic (exact) mass is 341 g/mol. The van der Waals surface area contributed by atoms with E-state index in [0.717, 1.165) is 24.2 Å². The SMILES string of the molecule is CN1C(=O)C[C@@H](NCc2nc(C3CCCC3)no2)[C@@H]1c1cccnc1. The Bertz CT molecular complexity index is 726. The summed E-state index contributed by atoms with van der Waals surface area (Å²) >= 11 is 0. The summed E-state index contributed by atoms with van der Waals surface area (Å²) in [4.78, 5) is 22.7. The van der Waals surface area contributed by atoms with E-state index in [4.69, 9.17) is 4.52 Å². The van der Waals surface area contributed by atoms with Gasteiger partial charge in [-0.2, -0.15) is 4.98 Å². The van der Waals surface area contributed by atoms with Gasteiger partial charge < -0.3 is 14.7 Å². The number of likely N-dealkylation sites (tertiary alicyclic amines) is 1. The van der Waals surface area contributed by atoms with Crippen molar-refractivity contribution >= 4 is 5.91 Å². The van der Waals surface area contributed by atoms with E-state index in [1.54, 1.807) is 11.1 Å². The molecule has 1 amide bonds. The van der Waals surface area contributed by atoms with Crippen molar-refractivity contribution in [1.29, 1.82) is 0 Å².